The van der Waals surface area contributed by atoms with Gasteiger partial charge in [-0.3, -0.25) is 9.59 Å². The van der Waals surface area contributed by atoms with Crippen molar-refractivity contribution in [1.82, 2.24) is 4.90 Å². The lowest BCUT2D eigenvalue weighted by atomic mass is 10.0. The molecule has 1 amide bonds. The van der Waals surface area contributed by atoms with E-state index in [1.807, 2.05) is 62.4 Å². The van der Waals surface area contributed by atoms with Crippen molar-refractivity contribution < 1.29 is 14.3 Å². The number of hydrogen-bond acceptors (Lipinski definition) is 3. The minimum Gasteiger partial charge on any atom is -0.466 e. The van der Waals surface area contributed by atoms with Gasteiger partial charge in [0.15, 0.2) is 0 Å². The van der Waals surface area contributed by atoms with Crippen LogP contribution in [0.3, 0.4) is 0 Å². The lowest BCUT2D eigenvalue weighted by Crippen LogP contribution is -2.35. The highest BCUT2D eigenvalue weighted by atomic mass is 16.5. The van der Waals surface area contributed by atoms with Crippen molar-refractivity contribution in [2.75, 3.05) is 19.7 Å². The van der Waals surface area contributed by atoms with Gasteiger partial charge in [-0.2, -0.15) is 0 Å². The molecule has 0 N–H and O–H groups in total. The Hall–Kier alpha value is -2.62. The number of benzene rings is 2. The zero-order valence-corrected chi connectivity index (χ0v) is 15.8. The molecule has 0 heterocycles. The molecule has 0 saturated carbocycles. The zero-order valence-electron chi connectivity index (χ0n) is 15.8. The van der Waals surface area contributed by atoms with Crippen LogP contribution in [0.1, 0.15) is 40.4 Å². The predicted molar refractivity (Wildman–Crippen MR) is 103 cm³/mol. The van der Waals surface area contributed by atoms with Gasteiger partial charge in [-0.05, 0) is 56.0 Å². The molecule has 0 spiro atoms. The van der Waals surface area contributed by atoms with Gasteiger partial charge in [0.25, 0.3) is 5.91 Å². The summed E-state index contributed by atoms with van der Waals surface area (Å²) in [6.45, 7) is 7.09. The third-order valence-electron chi connectivity index (χ3n) is 4.45. The summed E-state index contributed by atoms with van der Waals surface area (Å²) in [7, 11) is 0. The van der Waals surface area contributed by atoms with Crippen molar-refractivity contribution in [3.8, 4) is 0 Å². The molecule has 0 fully saturated rings. The van der Waals surface area contributed by atoms with E-state index in [1.165, 1.54) is 5.56 Å². The molecule has 0 aliphatic rings. The number of carbonyl (C=O) groups is 2. The van der Waals surface area contributed by atoms with Crippen LogP contribution in [0.4, 0.5) is 0 Å². The highest BCUT2D eigenvalue weighted by Gasteiger charge is 2.18. The van der Waals surface area contributed by atoms with Gasteiger partial charge in [0.1, 0.15) is 0 Å². The Morgan fingerprint density at radius 1 is 0.962 bits per heavy atom. The molecule has 0 bridgehead atoms. The second-order valence-corrected chi connectivity index (χ2v) is 6.38. The molecule has 4 heteroatoms. The van der Waals surface area contributed by atoms with Crippen LogP contribution in [-0.2, 0) is 16.0 Å². The molecule has 138 valence electrons. The van der Waals surface area contributed by atoms with E-state index in [0.717, 1.165) is 17.5 Å². The normalized spacial score (nSPS) is 10.4. The van der Waals surface area contributed by atoms with E-state index >= 15 is 0 Å². The molecular weight excluding hydrogens is 326 g/mol. The van der Waals surface area contributed by atoms with Crippen molar-refractivity contribution in [2.45, 2.75) is 33.6 Å². The van der Waals surface area contributed by atoms with E-state index in [1.54, 1.807) is 11.8 Å². The molecule has 0 atom stereocenters. The van der Waals surface area contributed by atoms with Crippen LogP contribution in [0.2, 0.25) is 0 Å². The van der Waals surface area contributed by atoms with Crippen LogP contribution in [0.25, 0.3) is 0 Å². The number of nitrogens with zero attached hydrogens (tertiary/aromatic N) is 1. The van der Waals surface area contributed by atoms with Gasteiger partial charge in [-0.15, -0.1) is 0 Å². The van der Waals surface area contributed by atoms with E-state index in [2.05, 4.69) is 0 Å². The standard InChI is InChI=1S/C22H27NO3/c1-4-26-21(24)13-15-23(14-12-19-8-6-5-7-9-19)22(25)20-11-10-17(2)18(3)16-20/h5-11,16H,4,12-15H2,1-3H3. The van der Waals surface area contributed by atoms with Gasteiger partial charge in [-0.25, -0.2) is 0 Å². The SMILES string of the molecule is CCOC(=O)CCN(CCc1ccccc1)C(=O)c1ccc(C)c(C)c1. The summed E-state index contributed by atoms with van der Waals surface area (Å²) < 4.78 is 5.00. The summed E-state index contributed by atoms with van der Waals surface area (Å²) in [4.78, 5) is 26.4. The number of rotatable bonds is 8. The Morgan fingerprint density at radius 3 is 2.35 bits per heavy atom. The second-order valence-electron chi connectivity index (χ2n) is 6.38. The monoisotopic (exact) mass is 353 g/mol. The number of hydrogen-bond donors (Lipinski definition) is 0. The molecule has 4 nitrogen and oxygen atoms in total. The minimum atomic E-state index is -0.273. The fraction of sp³-hybridized carbons (Fsp3) is 0.364. The van der Waals surface area contributed by atoms with E-state index in [-0.39, 0.29) is 18.3 Å². The van der Waals surface area contributed by atoms with Crippen molar-refractivity contribution >= 4 is 11.9 Å². The van der Waals surface area contributed by atoms with E-state index in [9.17, 15) is 9.59 Å². The van der Waals surface area contributed by atoms with Crippen LogP contribution in [0.15, 0.2) is 48.5 Å². The summed E-state index contributed by atoms with van der Waals surface area (Å²) in [6.07, 6.45) is 0.958. The molecule has 0 aliphatic heterocycles. The Labute approximate surface area is 155 Å². The number of aryl methyl sites for hydroxylation is 2. The van der Waals surface area contributed by atoms with Gasteiger partial charge in [0.2, 0.25) is 0 Å². The van der Waals surface area contributed by atoms with Gasteiger partial charge >= 0.3 is 5.97 Å². The first kappa shape index (κ1) is 19.7. The molecule has 2 aromatic carbocycles. The quantitative estimate of drug-likeness (QED) is 0.675. The van der Waals surface area contributed by atoms with Crippen LogP contribution < -0.4 is 0 Å². The van der Waals surface area contributed by atoms with E-state index < -0.39 is 0 Å². The maximum atomic E-state index is 13.0. The average molecular weight is 353 g/mol. The maximum Gasteiger partial charge on any atom is 0.307 e. The molecule has 0 radical (unpaired) electrons. The van der Waals surface area contributed by atoms with Crippen molar-refractivity contribution in [3.05, 3.63) is 70.8 Å². The number of amides is 1. The molecule has 0 aliphatic carbocycles. The first-order chi connectivity index (χ1) is 12.5. The highest BCUT2D eigenvalue weighted by molar-refractivity contribution is 5.94. The minimum absolute atomic E-state index is 0.0478. The molecule has 26 heavy (non-hydrogen) atoms. The molecule has 0 saturated heterocycles. The lowest BCUT2D eigenvalue weighted by molar-refractivity contribution is -0.143. The molecule has 2 rings (SSSR count). The van der Waals surface area contributed by atoms with Crippen molar-refractivity contribution in [3.63, 3.8) is 0 Å². The van der Waals surface area contributed by atoms with Crippen LogP contribution in [-0.4, -0.2) is 36.5 Å². The molecule has 2 aromatic rings. The van der Waals surface area contributed by atoms with Gasteiger partial charge in [0.05, 0.1) is 13.0 Å². The van der Waals surface area contributed by atoms with Crippen LogP contribution in [0, 0.1) is 13.8 Å². The first-order valence-electron chi connectivity index (χ1n) is 9.07. The molecule has 0 unspecified atom stereocenters. The fourth-order valence-corrected chi connectivity index (χ4v) is 2.74. The Balaban J connectivity index is 2.10. The maximum absolute atomic E-state index is 13.0. The van der Waals surface area contributed by atoms with E-state index in [0.29, 0.717) is 25.3 Å². The summed E-state index contributed by atoms with van der Waals surface area (Å²) in [6, 6.07) is 15.8. The summed E-state index contributed by atoms with van der Waals surface area (Å²) in [5.41, 5.74) is 4.07. The number of carbonyl (C=O) groups excluding carboxylic acids is 2. The first-order valence-corrected chi connectivity index (χ1v) is 9.07. The topological polar surface area (TPSA) is 46.6 Å². The summed E-state index contributed by atoms with van der Waals surface area (Å²) in [5.74, 6) is -0.321. The fourth-order valence-electron chi connectivity index (χ4n) is 2.74. The third-order valence-corrected chi connectivity index (χ3v) is 4.45. The largest absolute Gasteiger partial charge is 0.466 e. The Bertz CT molecular complexity index is 740. The summed E-state index contributed by atoms with van der Waals surface area (Å²) >= 11 is 0. The number of esters is 1. The summed E-state index contributed by atoms with van der Waals surface area (Å²) in [5, 5.41) is 0. The smallest absolute Gasteiger partial charge is 0.307 e. The van der Waals surface area contributed by atoms with Gasteiger partial charge < -0.3 is 9.64 Å². The molecular formula is C22H27NO3. The van der Waals surface area contributed by atoms with Gasteiger partial charge in [-0.1, -0.05) is 36.4 Å². The number of ether oxygens (including phenoxy) is 1. The lowest BCUT2D eigenvalue weighted by Gasteiger charge is -2.23. The molecule has 0 aromatic heterocycles. The third kappa shape index (κ3) is 5.73. The van der Waals surface area contributed by atoms with E-state index in [4.69, 9.17) is 4.74 Å². The zero-order chi connectivity index (χ0) is 18.9. The average Bonchev–Trinajstić information content (AvgIpc) is 2.64. The Kier molecular flexibility index (Phi) is 7.39. The highest BCUT2D eigenvalue weighted by Crippen LogP contribution is 2.13. The predicted octanol–water partition coefficient (Wildman–Crippen LogP) is 3.94. The van der Waals surface area contributed by atoms with Crippen molar-refractivity contribution in [1.29, 1.82) is 0 Å². The van der Waals surface area contributed by atoms with Crippen molar-refractivity contribution in [2.24, 2.45) is 0 Å². The van der Waals surface area contributed by atoms with Gasteiger partial charge in [0, 0.05) is 18.7 Å². The second kappa shape index (κ2) is 9.76. The Morgan fingerprint density at radius 2 is 1.69 bits per heavy atom. The van der Waals surface area contributed by atoms with Crippen LogP contribution in [0.5, 0.6) is 0 Å². The van der Waals surface area contributed by atoms with Crippen LogP contribution >= 0.6 is 0 Å².